The molecule has 1 nitrogen and oxygen atoms in total. The molecule has 17 heavy (non-hydrogen) atoms. The molecule has 1 fully saturated rings. The number of carbonyl (C=O) groups excluding carboxylic acids is 1. The molecule has 1 aromatic carbocycles. The third-order valence-corrected chi connectivity index (χ3v) is 4.92. The number of fused-ring (bicyclic) bond motifs is 1. The highest BCUT2D eigenvalue weighted by Crippen LogP contribution is 2.46. The first-order valence-electron chi connectivity index (χ1n) is 6.33. The highest BCUT2D eigenvalue weighted by Gasteiger charge is 2.37. The van der Waals surface area contributed by atoms with E-state index in [-0.39, 0.29) is 0 Å². The number of ketones is 1. The highest BCUT2D eigenvalue weighted by atomic mass is 32.2. The highest BCUT2D eigenvalue weighted by molar-refractivity contribution is 8.03. The first-order valence-corrected chi connectivity index (χ1v) is 7.14. The number of carbonyl (C=O) groups is 1. The minimum Gasteiger partial charge on any atom is -0.294 e. The Labute approximate surface area is 106 Å². The Bertz CT molecular complexity index is 449. The van der Waals surface area contributed by atoms with Gasteiger partial charge in [-0.3, -0.25) is 4.79 Å². The smallest absolute Gasteiger partial charge is 0.160 e. The summed E-state index contributed by atoms with van der Waals surface area (Å²) in [6.45, 7) is 0. The van der Waals surface area contributed by atoms with E-state index in [0.29, 0.717) is 17.6 Å². The van der Waals surface area contributed by atoms with Crippen LogP contribution in [-0.4, -0.2) is 5.78 Å². The first-order chi connectivity index (χ1) is 8.34. The second-order valence-electron chi connectivity index (χ2n) is 4.86. The second-order valence-corrected chi connectivity index (χ2v) is 6.01. The van der Waals surface area contributed by atoms with Crippen LogP contribution in [0.3, 0.4) is 0 Å². The molecule has 0 amide bonds. The van der Waals surface area contributed by atoms with Crippen LogP contribution in [0.4, 0.5) is 0 Å². The van der Waals surface area contributed by atoms with Crippen LogP contribution in [-0.2, 0) is 4.79 Å². The summed E-state index contributed by atoms with van der Waals surface area (Å²) in [7, 11) is 0. The summed E-state index contributed by atoms with van der Waals surface area (Å²) in [5.74, 6) is 1.18. The molecule has 1 aromatic rings. The maximum atomic E-state index is 11.9. The molecule has 2 atom stereocenters. The Morgan fingerprint density at radius 3 is 2.47 bits per heavy atom. The fourth-order valence-corrected chi connectivity index (χ4v) is 4.07. The lowest BCUT2D eigenvalue weighted by Gasteiger charge is -2.26. The van der Waals surface area contributed by atoms with Crippen molar-refractivity contribution in [3.8, 4) is 0 Å². The van der Waals surface area contributed by atoms with Crippen LogP contribution in [0.2, 0.25) is 0 Å². The Hall–Kier alpha value is -1.02. The van der Waals surface area contributed by atoms with E-state index in [1.54, 1.807) is 11.8 Å². The molecule has 2 aliphatic rings. The van der Waals surface area contributed by atoms with Gasteiger partial charge in [0, 0.05) is 16.7 Å². The topological polar surface area (TPSA) is 17.1 Å². The van der Waals surface area contributed by atoms with Crippen molar-refractivity contribution in [1.29, 1.82) is 0 Å². The average molecular weight is 244 g/mol. The summed E-state index contributed by atoms with van der Waals surface area (Å²) in [6.07, 6.45) is 6.70. The Morgan fingerprint density at radius 1 is 1.00 bits per heavy atom. The number of hydrogen-bond acceptors (Lipinski definition) is 2. The molecule has 0 heterocycles. The molecule has 2 aliphatic carbocycles. The van der Waals surface area contributed by atoms with Gasteiger partial charge in [0.2, 0.25) is 0 Å². The van der Waals surface area contributed by atoms with Crippen molar-refractivity contribution in [3.05, 3.63) is 41.3 Å². The fourth-order valence-electron chi connectivity index (χ4n) is 2.90. The van der Waals surface area contributed by atoms with E-state index >= 15 is 0 Å². The Kier molecular flexibility index (Phi) is 3.06. The van der Waals surface area contributed by atoms with E-state index in [0.717, 1.165) is 6.42 Å². The predicted molar refractivity (Wildman–Crippen MR) is 70.8 cm³/mol. The first kappa shape index (κ1) is 11.1. The summed E-state index contributed by atoms with van der Waals surface area (Å²) in [5.41, 5.74) is 0. The standard InChI is InChI=1S/C15H16OS/c16-14-10-15(13-9-5-4-8-12(13)14)17-11-6-2-1-3-7-11/h1-3,6-7,10,12-13H,4-5,8-9H2/t12-,13+/m1/s1. The number of thioether (sulfide) groups is 1. The van der Waals surface area contributed by atoms with Crippen molar-refractivity contribution in [2.45, 2.75) is 30.6 Å². The summed E-state index contributed by atoms with van der Waals surface area (Å²) >= 11 is 1.78. The largest absolute Gasteiger partial charge is 0.294 e. The molecule has 0 spiro atoms. The van der Waals surface area contributed by atoms with Crippen LogP contribution in [0.25, 0.3) is 0 Å². The van der Waals surface area contributed by atoms with Gasteiger partial charge in [0.25, 0.3) is 0 Å². The van der Waals surface area contributed by atoms with Crippen molar-refractivity contribution in [3.63, 3.8) is 0 Å². The molecular formula is C15H16OS. The molecule has 1 saturated carbocycles. The van der Waals surface area contributed by atoms with E-state index in [4.69, 9.17) is 0 Å². The molecular weight excluding hydrogens is 228 g/mol. The van der Waals surface area contributed by atoms with Gasteiger partial charge in [-0.2, -0.15) is 0 Å². The summed E-state index contributed by atoms with van der Waals surface area (Å²) in [5, 5.41) is 0. The molecule has 0 radical (unpaired) electrons. The van der Waals surface area contributed by atoms with Gasteiger partial charge in [-0.05, 0) is 36.0 Å². The lowest BCUT2D eigenvalue weighted by atomic mass is 9.81. The molecule has 0 saturated heterocycles. The zero-order valence-corrected chi connectivity index (χ0v) is 10.6. The van der Waals surface area contributed by atoms with Crippen LogP contribution in [0.5, 0.6) is 0 Å². The monoisotopic (exact) mass is 244 g/mol. The van der Waals surface area contributed by atoms with Gasteiger partial charge >= 0.3 is 0 Å². The molecule has 0 bridgehead atoms. The predicted octanol–water partition coefficient (Wildman–Crippen LogP) is 4.05. The SMILES string of the molecule is O=C1C=C(Sc2ccccc2)[C@H]2CCCC[C@@H]12. The third-order valence-electron chi connectivity index (χ3n) is 3.76. The number of benzene rings is 1. The lowest BCUT2D eigenvalue weighted by Crippen LogP contribution is -2.20. The van der Waals surface area contributed by atoms with E-state index in [1.165, 1.54) is 29.1 Å². The summed E-state index contributed by atoms with van der Waals surface area (Å²) in [4.78, 5) is 14.5. The van der Waals surface area contributed by atoms with Crippen LogP contribution in [0.1, 0.15) is 25.7 Å². The van der Waals surface area contributed by atoms with Crippen LogP contribution >= 0.6 is 11.8 Å². The zero-order valence-electron chi connectivity index (χ0n) is 9.76. The molecule has 0 aliphatic heterocycles. The number of hydrogen-bond donors (Lipinski definition) is 0. The van der Waals surface area contributed by atoms with Gasteiger partial charge in [0.15, 0.2) is 5.78 Å². The van der Waals surface area contributed by atoms with Crippen molar-refractivity contribution in [2.75, 3.05) is 0 Å². The Morgan fingerprint density at radius 2 is 1.71 bits per heavy atom. The second kappa shape index (κ2) is 4.69. The fraction of sp³-hybridized carbons (Fsp3) is 0.400. The summed E-state index contributed by atoms with van der Waals surface area (Å²) < 4.78 is 0. The quantitative estimate of drug-likeness (QED) is 0.780. The molecule has 3 rings (SSSR count). The molecule has 0 N–H and O–H groups in total. The minimum absolute atomic E-state index is 0.301. The normalized spacial score (nSPS) is 27.8. The number of allylic oxidation sites excluding steroid dienone is 2. The maximum absolute atomic E-state index is 11.9. The molecule has 2 heteroatoms. The zero-order chi connectivity index (χ0) is 11.7. The van der Waals surface area contributed by atoms with Gasteiger partial charge < -0.3 is 0 Å². The van der Waals surface area contributed by atoms with Gasteiger partial charge in [-0.25, -0.2) is 0 Å². The lowest BCUT2D eigenvalue weighted by molar-refractivity contribution is -0.119. The van der Waals surface area contributed by atoms with E-state index in [9.17, 15) is 4.79 Å². The molecule has 0 unspecified atom stereocenters. The molecule has 88 valence electrons. The van der Waals surface area contributed by atoms with E-state index < -0.39 is 0 Å². The maximum Gasteiger partial charge on any atom is 0.160 e. The van der Waals surface area contributed by atoms with Crippen LogP contribution in [0.15, 0.2) is 46.2 Å². The van der Waals surface area contributed by atoms with Gasteiger partial charge in [0.1, 0.15) is 0 Å². The third kappa shape index (κ3) is 2.19. The van der Waals surface area contributed by atoms with Crippen molar-refractivity contribution >= 4 is 17.5 Å². The van der Waals surface area contributed by atoms with Gasteiger partial charge in [0.05, 0.1) is 0 Å². The van der Waals surface area contributed by atoms with Gasteiger partial charge in [-0.15, -0.1) is 0 Å². The van der Waals surface area contributed by atoms with Crippen LogP contribution < -0.4 is 0 Å². The summed E-state index contributed by atoms with van der Waals surface area (Å²) in [6, 6.07) is 10.4. The van der Waals surface area contributed by atoms with Crippen molar-refractivity contribution < 1.29 is 4.79 Å². The van der Waals surface area contributed by atoms with Crippen molar-refractivity contribution in [2.24, 2.45) is 11.8 Å². The van der Waals surface area contributed by atoms with Crippen molar-refractivity contribution in [1.82, 2.24) is 0 Å². The average Bonchev–Trinajstić information content (AvgIpc) is 2.69. The Balaban J connectivity index is 1.79. The molecule has 0 aromatic heterocycles. The van der Waals surface area contributed by atoms with E-state index in [2.05, 4.69) is 24.3 Å². The number of rotatable bonds is 2. The van der Waals surface area contributed by atoms with E-state index in [1.807, 2.05) is 12.1 Å². The van der Waals surface area contributed by atoms with Gasteiger partial charge in [-0.1, -0.05) is 42.8 Å². The minimum atomic E-state index is 0.301. The van der Waals surface area contributed by atoms with Crippen LogP contribution in [0, 0.1) is 11.8 Å².